The van der Waals surface area contributed by atoms with Crippen LogP contribution in [0.1, 0.15) is 71.8 Å². The average Bonchev–Trinajstić information content (AvgIpc) is 3.66. The topological polar surface area (TPSA) is 99.8 Å². The minimum Gasteiger partial charge on any atom is -0.465 e. The van der Waals surface area contributed by atoms with Crippen molar-refractivity contribution >= 4 is 11.9 Å². The van der Waals surface area contributed by atoms with Gasteiger partial charge in [-0.15, -0.1) is 13.2 Å². The Morgan fingerprint density at radius 2 is 1.74 bits per heavy atom. The predicted octanol–water partition coefficient (Wildman–Crippen LogP) is 6.43. The molecule has 3 atom stereocenters. The Bertz CT molecular complexity index is 1490. The summed E-state index contributed by atoms with van der Waals surface area (Å²) in [6.07, 6.45) is -5.22. The molecule has 9 nitrogen and oxygen atoms in total. The van der Waals surface area contributed by atoms with Crippen LogP contribution in [0.4, 0.5) is 32.3 Å². The quantitative estimate of drug-likeness (QED) is 0.211. The number of methoxy groups -OCH3 is 1. The molecular weight excluding hydrogens is 586 g/mol. The van der Waals surface area contributed by atoms with E-state index in [4.69, 9.17) is 9.26 Å². The van der Waals surface area contributed by atoms with Gasteiger partial charge in [0.05, 0.1) is 19.8 Å². The van der Waals surface area contributed by atoms with E-state index in [1.54, 1.807) is 11.0 Å². The fourth-order valence-corrected chi connectivity index (χ4v) is 5.98. The van der Waals surface area contributed by atoms with Crippen molar-refractivity contribution in [2.75, 3.05) is 12.0 Å². The first-order valence-corrected chi connectivity index (χ1v) is 13.7. The molecule has 2 bridgehead atoms. The number of ether oxygens (including phenoxy) is 3. The van der Waals surface area contributed by atoms with E-state index in [0.717, 1.165) is 26.1 Å². The molecular formula is C28H26F6N4O5. The van der Waals surface area contributed by atoms with Crippen LogP contribution in [0.3, 0.4) is 0 Å². The smallest absolute Gasteiger partial charge is 0.465 e. The normalized spacial score (nSPS) is 22.1. The molecule has 2 aromatic heterocycles. The number of benzene rings is 1. The lowest BCUT2D eigenvalue weighted by atomic mass is 9.99. The van der Waals surface area contributed by atoms with Crippen LogP contribution < -0.4 is 9.64 Å². The van der Waals surface area contributed by atoms with Crippen molar-refractivity contribution in [1.82, 2.24) is 15.1 Å². The number of alkyl halides is 6. The van der Waals surface area contributed by atoms with E-state index in [-0.39, 0.29) is 47.9 Å². The Balaban J connectivity index is 1.21. The highest BCUT2D eigenvalue weighted by Crippen LogP contribution is 2.46. The Labute approximate surface area is 241 Å². The van der Waals surface area contributed by atoms with Crippen molar-refractivity contribution in [3.63, 3.8) is 0 Å². The molecule has 230 valence electrons. The number of carbonyl (C=O) groups is 1. The van der Waals surface area contributed by atoms with Crippen molar-refractivity contribution in [1.29, 1.82) is 0 Å². The van der Waals surface area contributed by atoms with E-state index in [9.17, 15) is 31.1 Å². The number of nitrogens with zero attached hydrogens (tertiary/aromatic N) is 4. The molecule has 43 heavy (non-hydrogen) atoms. The summed E-state index contributed by atoms with van der Waals surface area (Å²) in [5, 5.41) is 4.10. The van der Waals surface area contributed by atoms with E-state index < -0.39 is 35.5 Å². The first kappa shape index (κ1) is 29.2. The Morgan fingerprint density at radius 1 is 1.05 bits per heavy atom. The molecule has 1 unspecified atom stereocenters. The summed E-state index contributed by atoms with van der Waals surface area (Å²) in [5.74, 6) is -1.04. The summed E-state index contributed by atoms with van der Waals surface area (Å²) < 4.78 is 101. The molecule has 3 aliphatic rings. The maximum Gasteiger partial charge on any atom is 0.573 e. The minimum absolute atomic E-state index is 0.0255. The molecule has 2 aliphatic heterocycles. The van der Waals surface area contributed by atoms with Gasteiger partial charge in [-0.3, -0.25) is 0 Å². The zero-order valence-electron chi connectivity index (χ0n) is 22.7. The predicted molar refractivity (Wildman–Crippen MR) is 136 cm³/mol. The second kappa shape index (κ2) is 11.0. The van der Waals surface area contributed by atoms with E-state index >= 15 is 0 Å². The van der Waals surface area contributed by atoms with Crippen LogP contribution in [-0.2, 0) is 22.3 Å². The second-order valence-electron chi connectivity index (χ2n) is 10.8. The maximum absolute atomic E-state index is 13.7. The molecule has 0 radical (unpaired) electrons. The highest BCUT2D eigenvalue weighted by atomic mass is 19.4. The van der Waals surface area contributed by atoms with E-state index in [1.807, 2.05) is 0 Å². The van der Waals surface area contributed by atoms with Gasteiger partial charge in [0.2, 0.25) is 5.95 Å². The molecule has 0 amide bonds. The van der Waals surface area contributed by atoms with Gasteiger partial charge >= 0.3 is 18.5 Å². The van der Waals surface area contributed by atoms with Crippen molar-refractivity contribution in [2.24, 2.45) is 0 Å². The zero-order chi connectivity index (χ0) is 30.5. The van der Waals surface area contributed by atoms with Gasteiger partial charge in [0, 0.05) is 35.3 Å². The first-order chi connectivity index (χ1) is 20.4. The van der Waals surface area contributed by atoms with Crippen LogP contribution >= 0.6 is 0 Å². The van der Waals surface area contributed by atoms with Crippen LogP contribution in [0, 0.1) is 0 Å². The van der Waals surface area contributed by atoms with Crippen molar-refractivity contribution in [3.05, 3.63) is 53.0 Å². The minimum atomic E-state index is -4.90. The molecule has 1 aromatic carbocycles. The van der Waals surface area contributed by atoms with Crippen LogP contribution in [0.25, 0.3) is 11.3 Å². The number of para-hydroxylation sites is 1. The second-order valence-corrected chi connectivity index (χ2v) is 10.8. The van der Waals surface area contributed by atoms with Gasteiger partial charge < -0.3 is 23.6 Å². The highest BCUT2D eigenvalue weighted by Gasteiger charge is 2.45. The van der Waals surface area contributed by atoms with Crippen molar-refractivity contribution in [3.8, 4) is 17.0 Å². The number of hydrogen-bond acceptors (Lipinski definition) is 9. The molecule has 0 N–H and O–H groups in total. The summed E-state index contributed by atoms with van der Waals surface area (Å²) >= 11 is 0. The van der Waals surface area contributed by atoms with Crippen LogP contribution in [0.2, 0.25) is 0 Å². The van der Waals surface area contributed by atoms with Gasteiger partial charge in [0.1, 0.15) is 22.8 Å². The van der Waals surface area contributed by atoms with Crippen molar-refractivity contribution < 1.29 is 49.9 Å². The van der Waals surface area contributed by atoms with Gasteiger partial charge in [-0.05, 0) is 50.7 Å². The number of carbonyl (C=O) groups excluding carboxylic acids is 1. The SMILES string of the molecule is COC(=O)c1cnc(N2[C@@H]3CC[C@H]2CC(OCc2c(-c4ccccc4OC(F)(F)F)noc2C2CC2)C3)nc1C(F)(F)F. The largest absolute Gasteiger partial charge is 0.573 e. The lowest BCUT2D eigenvalue weighted by molar-refractivity contribution is -0.274. The van der Waals surface area contributed by atoms with Crippen molar-refractivity contribution in [2.45, 2.75) is 81.8 Å². The van der Waals surface area contributed by atoms with Gasteiger partial charge in [0.15, 0.2) is 5.69 Å². The number of hydrogen-bond donors (Lipinski definition) is 0. The lowest BCUT2D eigenvalue weighted by Crippen LogP contribution is -2.46. The number of fused-ring (bicyclic) bond motifs is 2. The number of esters is 1. The summed E-state index contributed by atoms with van der Waals surface area (Å²) in [6, 6.07) is 5.26. The van der Waals surface area contributed by atoms with E-state index in [1.165, 1.54) is 18.2 Å². The molecule has 2 saturated heterocycles. The van der Waals surface area contributed by atoms with Gasteiger partial charge in [-0.2, -0.15) is 13.2 Å². The third kappa shape index (κ3) is 5.99. The number of anilines is 1. The molecule has 3 fully saturated rings. The van der Waals surface area contributed by atoms with Gasteiger partial charge in [-0.25, -0.2) is 14.8 Å². The zero-order valence-corrected chi connectivity index (χ0v) is 22.7. The molecule has 15 heteroatoms. The van der Waals surface area contributed by atoms with Crippen LogP contribution in [-0.4, -0.2) is 52.8 Å². The number of aromatic nitrogens is 3. The molecule has 0 spiro atoms. The lowest BCUT2D eigenvalue weighted by Gasteiger charge is -2.39. The third-order valence-corrected chi connectivity index (χ3v) is 7.97. The Hall–Kier alpha value is -3.88. The monoisotopic (exact) mass is 612 g/mol. The van der Waals surface area contributed by atoms with Crippen LogP contribution in [0.5, 0.6) is 5.75 Å². The standard InChI is InChI=1S/C28H26F6N4O5/c1-40-25(39)19-12-35-26(36-24(19)27(29,30)31)38-15-8-9-16(38)11-17(10-15)41-13-20-22(37-43-23(20)14-6-7-14)18-4-2-3-5-21(18)42-28(32,33)34/h2-5,12,14-17H,6-11,13H2,1H3/t15-,16+,17?. The summed E-state index contributed by atoms with van der Waals surface area (Å²) in [6.45, 7) is 0.0255. The summed E-state index contributed by atoms with van der Waals surface area (Å²) in [5.41, 5.74) is -1.24. The first-order valence-electron chi connectivity index (χ1n) is 13.7. The molecule has 1 aliphatic carbocycles. The van der Waals surface area contributed by atoms with Crippen LogP contribution in [0.15, 0.2) is 35.0 Å². The number of piperidine rings is 1. The highest BCUT2D eigenvalue weighted by molar-refractivity contribution is 5.90. The summed E-state index contributed by atoms with van der Waals surface area (Å²) in [4.78, 5) is 21.5. The Kier molecular flexibility index (Phi) is 7.47. The third-order valence-electron chi connectivity index (χ3n) is 7.97. The molecule has 1 saturated carbocycles. The number of halogens is 6. The number of rotatable bonds is 8. The molecule has 6 rings (SSSR count). The Morgan fingerprint density at radius 3 is 2.37 bits per heavy atom. The van der Waals surface area contributed by atoms with Gasteiger partial charge in [-0.1, -0.05) is 17.3 Å². The van der Waals surface area contributed by atoms with E-state index in [0.29, 0.717) is 37.0 Å². The van der Waals surface area contributed by atoms with Gasteiger partial charge in [0.25, 0.3) is 0 Å². The fraction of sp³-hybridized carbons (Fsp3) is 0.500. The summed E-state index contributed by atoms with van der Waals surface area (Å²) in [7, 11) is 0.979. The maximum atomic E-state index is 13.7. The van der Waals surface area contributed by atoms with E-state index in [2.05, 4.69) is 24.6 Å². The fourth-order valence-electron chi connectivity index (χ4n) is 5.98. The molecule has 3 aromatic rings. The average molecular weight is 613 g/mol. The molecule has 4 heterocycles.